The number of methoxy groups -OCH3 is 1. The Morgan fingerprint density at radius 1 is 1.00 bits per heavy atom. The third kappa shape index (κ3) is 8.19. The molecule has 1 aromatic heterocycles. The summed E-state index contributed by atoms with van der Waals surface area (Å²) in [5.41, 5.74) is 3.66. The van der Waals surface area contributed by atoms with Gasteiger partial charge in [0.25, 0.3) is 0 Å². The van der Waals surface area contributed by atoms with E-state index in [-0.39, 0.29) is 0 Å². The number of nitrogens with one attached hydrogen (secondary N) is 2. The van der Waals surface area contributed by atoms with Gasteiger partial charge in [0.1, 0.15) is 6.61 Å². The van der Waals surface area contributed by atoms with Crippen LogP contribution in [0.5, 0.6) is 5.88 Å². The first-order valence-electron chi connectivity index (χ1n) is 11.2. The van der Waals surface area contributed by atoms with Gasteiger partial charge in [0.15, 0.2) is 5.96 Å². The summed E-state index contributed by atoms with van der Waals surface area (Å²) >= 11 is 0. The fourth-order valence-electron chi connectivity index (χ4n) is 3.48. The van der Waals surface area contributed by atoms with Crippen LogP contribution in [0.2, 0.25) is 0 Å². The van der Waals surface area contributed by atoms with Gasteiger partial charge in [-0.1, -0.05) is 30.3 Å². The van der Waals surface area contributed by atoms with Crippen molar-refractivity contribution in [2.45, 2.75) is 39.4 Å². The van der Waals surface area contributed by atoms with Crippen LogP contribution in [0.1, 0.15) is 36.5 Å². The smallest absolute Gasteiger partial charge is 0.213 e. The molecule has 0 atom stereocenters. The first-order valence-corrected chi connectivity index (χ1v) is 11.2. The molecule has 0 amide bonds. The van der Waals surface area contributed by atoms with Crippen molar-refractivity contribution in [3.8, 4) is 5.88 Å². The number of nitrogens with zero attached hydrogens (tertiary/aromatic N) is 3. The van der Waals surface area contributed by atoms with Gasteiger partial charge in [-0.3, -0.25) is 4.90 Å². The molecular formula is C24H35N5O2. The Hall–Kier alpha value is -2.64. The molecule has 1 aliphatic heterocycles. The van der Waals surface area contributed by atoms with E-state index in [1.807, 2.05) is 12.1 Å². The summed E-state index contributed by atoms with van der Waals surface area (Å²) in [7, 11) is 1.65. The van der Waals surface area contributed by atoms with Crippen molar-refractivity contribution in [1.29, 1.82) is 0 Å². The minimum absolute atomic E-state index is 0.495. The van der Waals surface area contributed by atoms with Gasteiger partial charge < -0.3 is 20.1 Å². The van der Waals surface area contributed by atoms with Crippen LogP contribution in [0.3, 0.4) is 0 Å². The van der Waals surface area contributed by atoms with Crippen LogP contribution in [-0.4, -0.2) is 55.8 Å². The average Bonchev–Trinajstić information content (AvgIpc) is 3.31. The predicted octanol–water partition coefficient (Wildman–Crippen LogP) is 2.96. The van der Waals surface area contributed by atoms with Crippen LogP contribution < -0.4 is 15.4 Å². The maximum atomic E-state index is 5.50. The fourth-order valence-corrected chi connectivity index (χ4v) is 3.48. The maximum absolute atomic E-state index is 5.50. The van der Waals surface area contributed by atoms with Crippen molar-refractivity contribution >= 4 is 5.96 Å². The van der Waals surface area contributed by atoms with Crippen LogP contribution in [-0.2, 0) is 24.4 Å². The Morgan fingerprint density at radius 2 is 1.74 bits per heavy atom. The number of rotatable bonds is 11. The largest absolute Gasteiger partial charge is 0.475 e. The highest BCUT2D eigenvalue weighted by atomic mass is 16.5. The van der Waals surface area contributed by atoms with E-state index in [2.05, 4.69) is 56.7 Å². The molecule has 1 aliphatic rings. The Bertz CT molecular complexity index is 787. The Balaban J connectivity index is 1.47. The molecule has 2 heterocycles. The molecule has 0 unspecified atom stereocenters. The van der Waals surface area contributed by atoms with Gasteiger partial charge in [-0.25, -0.2) is 9.98 Å². The number of hydrogen-bond acceptors (Lipinski definition) is 5. The molecular weight excluding hydrogens is 390 g/mol. The molecule has 2 aromatic rings. The lowest BCUT2D eigenvalue weighted by Gasteiger charge is -2.15. The summed E-state index contributed by atoms with van der Waals surface area (Å²) in [6.07, 6.45) is 4.46. The number of aliphatic imine (C=N–C) groups is 1. The lowest BCUT2D eigenvalue weighted by atomic mass is 10.1. The second-order valence-electron chi connectivity index (χ2n) is 7.69. The van der Waals surface area contributed by atoms with Gasteiger partial charge in [-0.05, 0) is 49.5 Å². The summed E-state index contributed by atoms with van der Waals surface area (Å²) < 4.78 is 10.5. The first kappa shape index (κ1) is 23.0. The van der Waals surface area contributed by atoms with E-state index in [0.717, 1.165) is 31.2 Å². The van der Waals surface area contributed by atoms with E-state index in [1.54, 1.807) is 13.3 Å². The van der Waals surface area contributed by atoms with Crippen LogP contribution in [0.15, 0.2) is 47.6 Å². The van der Waals surface area contributed by atoms with Crippen molar-refractivity contribution in [3.05, 3.63) is 59.3 Å². The molecule has 0 saturated carbocycles. The van der Waals surface area contributed by atoms with Crippen molar-refractivity contribution in [1.82, 2.24) is 20.5 Å². The summed E-state index contributed by atoms with van der Waals surface area (Å²) in [4.78, 5) is 11.5. The summed E-state index contributed by atoms with van der Waals surface area (Å²) in [5.74, 6) is 1.40. The van der Waals surface area contributed by atoms with Gasteiger partial charge in [0.2, 0.25) is 5.88 Å². The van der Waals surface area contributed by atoms with E-state index in [0.29, 0.717) is 25.6 Å². The Kier molecular flexibility index (Phi) is 9.60. The van der Waals surface area contributed by atoms with Crippen molar-refractivity contribution < 1.29 is 9.47 Å². The zero-order chi connectivity index (χ0) is 21.7. The van der Waals surface area contributed by atoms with Crippen molar-refractivity contribution in [3.63, 3.8) is 0 Å². The Morgan fingerprint density at radius 3 is 2.42 bits per heavy atom. The molecule has 31 heavy (non-hydrogen) atoms. The van der Waals surface area contributed by atoms with Crippen molar-refractivity contribution in [2.24, 2.45) is 4.99 Å². The average molecular weight is 426 g/mol. The second-order valence-corrected chi connectivity index (χ2v) is 7.69. The zero-order valence-corrected chi connectivity index (χ0v) is 18.8. The molecule has 1 fully saturated rings. The third-order valence-electron chi connectivity index (χ3n) is 5.19. The number of ether oxygens (including phenoxy) is 2. The fraction of sp³-hybridized carbons (Fsp3) is 0.500. The first-order chi connectivity index (χ1) is 15.3. The summed E-state index contributed by atoms with van der Waals surface area (Å²) in [5, 5.41) is 6.72. The van der Waals surface area contributed by atoms with Gasteiger partial charge in [0, 0.05) is 39.0 Å². The summed E-state index contributed by atoms with van der Waals surface area (Å²) in [6, 6.07) is 12.7. The van der Waals surface area contributed by atoms with Crippen LogP contribution in [0.4, 0.5) is 0 Å². The van der Waals surface area contributed by atoms with Gasteiger partial charge in [0.05, 0.1) is 13.2 Å². The molecule has 2 N–H and O–H groups in total. The third-order valence-corrected chi connectivity index (χ3v) is 5.19. The topological polar surface area (TPSA) is 71.0 Å². The van der Waals surface area contributed by atoms with Crippen LogP contribution >= 0.6 is 0 Å². The molecule has 1 saturated heterocycles. The number of guanidine groups is 1. The van der Waals surface area contributed by atoms with Gasteiger partial charge >= 0.3 is 0 Å². The highest BCUT2D eigenvalue weighted by molar-refractivity contribution is 5.79. The predicted molar refractivity (Wildman–Crippen MR) is 124 cm³/mol. The van der Waals surface area contributed by atoms with Crippen molar-refractivity contribution in [2.75, 3.05) is 40.0 Å². The number of benzene rings is 1. The molecule has 7 heteroatoms. The van der Waals surface area contributed by atoms with E-state index >= 15 is 0 Å². The molecule has 0 spiro atoms. The number of aromatic nitrogens is 1. The monoisotopic (exact) mass is 425 g/mol. The lowest BCUT2D eigenvalue weighted by Crippen LogP contribution is -2.36. The summed E-state index contributed by atoms with van der Waals surface area (Å²) in [6.45, 7) is 8.72. The van der Waals surface area contributed by atoms with E-state index in [1.165, 1.54) is 37.1 Å². The molecule has 3 rings (SSSR count). The second kappa shape index (κ2) is 12.9. The number of pyridine rings is 1. The highest BCUT2D eigenvalue weighted by Crippen LogP contribution is 2.13. The van der Waals surface area contributed by atoms with E-state index < -0.39 is 0 Å². The minimum Gasteiger partial charge on any atom is -0.475 e. The molecule has 7 nitrogen and oxygen atoms in total. The lowest BCUT2D eigenvalue weighted by molar-refractivity contribution is 0.143. The molecule has 0 aliphatic carbocycles. The van der Waals surface area contributed by atoms with Crippen LogP contribution in [0.25, 0.3) is 0 Å². The number of likely N-dealkylation sites (tertiary alicyclic amines) is 1. The zero-order valence-electron chi connectivity index (χ0n) is 18.8. The van der Waals surface area contributed by atoms with Crippen LogP contribution in [0, 0.1) is 0 Å². The van der Waals surface area contributed by atoms with Gasteiger partial charge in [-0.2, -0.15) is 0 Å². The Labute approximate surface area is 185 Å². The highest BCUT2D eigenvalue weighted by Gasteiger charge is 2.11. The molecule has 0 radical (unpaired) electrons. The standard InChI is InChI=1S/C24H35N5O2/c1-3-25-24(28-18-22-10-11-23(26-17-22)31-15-14-30-2)27-16-20-6-8-21(9-7-20)19-29-12-4-5-13-29/h6-11,17H,3-5,12-16,18-19H2,1-2H3,(H2,25,27,28). The van der Waals surface area contributed by atoms with E-state index in [4.69, 9.17) is 9.47 Å². The minimum atomic E-state index is 0.495. The number of hydrogen-bond donors (Lipinski definition) is 2. The molecule has 0 bridgehead atoms. The normalized spacial score (nSPS) is 14.6. The molecule has 1 aromatic carbocycles. The maximum Gasteiger partial charge on any atom is 0.213 e. The SMILES string of the molecule is CCNC(=NCc1ccc(OCCOC)nc1)NCc1ccc(CN2CCCC2)cc1. The molecule has 168 valence electrons. The quantitative estimate of drug-likeness (QED) is 0.328. The van der Waals surface area contributed by atoms with E-state index in [9.17, 15) is 0 Å². The van der Waals surface area contributed by atoms with Gasteiger partial charge in [-0.15, -0.1) is 0 Å².